The number of carbonyl (C=O) groups is 1. The molecule has 0 aliphatic heterocycles. The summed E-state index contributed by atoms with van der Waals surface area (Å²) in [5.74, 6) is -0.0953. The van der Waals surface area contributed by atoms with Gasteiger partial charge in [-0.25, -0.2) is 0 Å². The van der Waals surface area contributed by atoms with Crippen LogP contribution in [0.2, 0.25) is 4.34 Å². The van der Waals surface area contributed by atoms with E-state index in [-0.39, 0.29) is 5.78 Å². The third kappa shape index (κ3) is 2.36. The van der Waals surface area contributed by atoms with Crippen LogP contribution in [-0.2, 0) is 0 Å². The van der Waals surface area contributed by atoms with E-state index < -0.39 is 0 Å². The molecule has 0 aliphatic rings. The Kier molecular flexibility index (Phi) is 3.35. The van der Waals surface area contributed by atoms with E-state index in [9.17, 15) is 4.79 Å². The fraction of sp³-hybridized carbons (Fsp3) is 0. The Morgan fingerprint density at radius 2 is 2.13 bits per heavy atom. The van der Waals surface area contributed by atoms with Crippen LogP contribution in [0.25, 0.3) is 0 Å². The molecule has 0 N–H and O–H groups in total. The Balaban J connectivity index is 2.36. The van der Waals surface area contributed by atoms with Gasteiger partial charge in [-0.05, 0) is 37.9 Å². The maximum absolute atomic E-state index is 11.9. The van der Waals surface area contributed by atoms with Crippen LogP contribution in [-0.4, -0.2) is 5.78 Å². The van der Waals surface area contributed by atoms with Gasteiger partial charge in [0.2, 0.25) is 5.78 Å². The van der Waals surface area contributed by atoms with Gasteiger partial charge in [0.15, 0.2) is 4.67 Å². The van der Waals surface area contributed by atoms with Crippen molar-refractivity contribution in [3.05, 3.63) is 42.3 Å². The second-order valence-electron chi connectivity index (χ2n) is 2.70. The first-order valence-electron chi connectivity index (χ1n) is 3.81. The molecule has 0 radical (unpaired) electrons. The number of thiophene rings is 1. The lowest BCUT2D eigenvalue weighted by Gasteiger charge is -1.89. The highest BCUT2D eigenvalue weighted by atomic mass is 79.9. The summed E-state index contributed by atoms with van der Waals surface area (Å²) in [7, 11) is 0. The van der Waals surface area contributed by atoms with E-state index in [4.69, 9.17) is 16.0 Å². The van der Waals surface area contributed by atoms with E-state index in [0.29, 0.717) is 19.4 Å². The number of ketones is 1. The van der Waals surface area contributed by atoms with E-state index in [2.05, 4.69) is 31.9 Å². The lowest BCUT2D eigenvalue weighted by molar-refractivity contribution is 0.104. The zero-order chi connectivity index (χ0) is 11.0. The molecule has 0 saturated heterocycles. The van der Waals surface area contributed by atoms with Gasteiger partial charge in [0.05, 0.1) is 10.4 Å². The summed E-state index contributed by atoms with van der Waals surface area (Å²) in [6, 6.07) is 3.33. The highest BCUT2D eigenvalue weighted by Crippen LogP contribution is 2.33. The largest absolute Gasteiger partial charge is 0.457 e. The highest BCUT2D eigenvalue weighted by Gasteiger charge is 2.16. The fourth-order valence-corrected chi connectivity index (χ4v) is 3.03. The Labute approximate surface area is 111 Å². The molecule has 0 amide bonds. The van der Waals surface area contributed by atoms with Crippen LogP contribution < -0.4 is 0 Å². The minimum Gasteiger partial charge on any atom is -0.457 e. The molecular weight excluding hydrogens is 367 g/mol. The molecule has 0 fully saturated rings. The molecule has 0 unspecified atom stereocenters. The van der Waals surface area contributed by atoms with Crippen molar-refractivity contribution < 1.29 is 9.21 Å². The Bertz CT molecular complexity index is 498. The van der Waals surface area contributed by atoms with Crippen LogP contribution in [0.15, 0.2) is 32.0 Å². The van der Waals surface area contributed by atoms with Crippen LogP contribution in [0.1, 0.15) is 15.2 Å². The van der Waals surface area contributed by atoms with Gasteiger partial charge in [-0.1, -0.05) is 11.6 Å². The van der Waals surface area contributed by atoms with Gasteiger partial charge in [-0.15, -0.1) is 11.3 Å². The summed E-state index contributed by atoms with van der Waals surface area (Å²) in [4.78, 5) is 12.5. The lowest BCUT2D eigenvalue weighted by Crippen LogP contribution is -1.95. The second-order valence-corrected chi connectivity index (χ2v) is 5.99. The third-order valence-corrected chi connectivity index (χ3v) is 4.59. The van der Waals surface area contributed by atoms with Crippen molar-refractivity contribution in [1.29, 1.82) is 0 Å². The predicted octanol–water partition coefficient (Wildman–Crippen LogP) is 4.75. The Morgan fingerprint density at radius 1 is 1.40 bits per heavy atom. The maximum atomic E-state index is 11.9. The molecular formula is C9H3Br2ClO2S. The molecule has 2 aromatic heterocycles. The van der Waals surface area contributed by atoms with Crippen LogP contribution in [0.5, 0.6) is 0 Å². The van der Waals surface area contributed by atoms with Gasteiger partial charge >= 0.3 is 0 Å². The van der Waals surface area contributed by atoms with Crippen molar-refractivity contribution in [1.82, 2.24) is 0 Å². The number of hydrogen-bond donors (Lipinski definition) is 0. The second kappa shape index (κ2) is 4.41. The third-order valence-electron chi connectivity index (χ3n) is 1.70. The molecule has 0 bridgehead atoms. The molecule has 78 valence electrons. The molecule has 0 atom stereocenters. The molecule has 0 aliphatic carbocycles. The van der Waals surface area contributed by atoms with Crippen molar-refractivity contribution in [3.63, 3.8) is 0 Å². The molecule has 0 aromatic carbocycles. The van der Waals surface area contributed by atoms with Crippen LogP contribution in [0, 0.1) is 0 Å². The van der Waals surface area contributed by atoms with E-state index in [1.807, 2.05) is 0 Å². The molecule has 15 heavy (non-hydrogen) atoms. The standard InChI is InChI=1S/C9H3Br2ClO2S/c10-5-2-6(15-9(5)12)8(13)4-1-7(11)14-3-4/h1-3H. The molecule has 0 spiro atoms. The van der Waals surface area contributed by atoms with Crippen molar-refractivity contribution in [3.8, 4) is 0 Å². The van der Waals surface area contributed by atoms with Crippen LogP contribution in [0.4, 0.5) is 0 Å². The minimum atomic E-state index is -0.0953. The summed E-state index contributed by atoms with van der Waals surface area (Å²) in [5.41, 5.74) is 0.507. The molecule has 2 aromatic rings. The summed E-state index contributed by atoms with van der Waals surface area (Å²) in [5, 5.41) is 0. The zero-order valence-electron chi connectivity index (χ0n) is 7.09. The fourth-order valence-electron chi connectivity index (χ4n) is 1.03. The number of halogens is 3. The van der Waals surface area contributed by atoms with Crippen molar-refractivity contribution in [2.45, 2.75) is 0 Å². The van der Waals surface area contributed by atoms with Gasteiger partial charge in [0.1, 0.15) is 10.6 Å². The normalized spacial score (nSPS) is 10.6. The van der Waals surface area contributed by atoms with E-state index in [0.717, 1.165) is 4.47 Å². The van der Waals surface area contributed by atoms with E-state index >= 15 is 0 Å². The van der Waals surface area contributed by atoms with Crippen molar-refractivity contribution in [2.24, 2.45) is 0 Å². The topological polar surface area (TPSA) is 30.2 Å². The summed E-state index contributed by atoms with van der Waals surface area (Å²) in [6.45, 7) is 0. The maximum Gasteiger partial charge on any atom is 0.206 e. The average Bonchev–Trinajstić information content (AvgIpc) is 2.74. The summed E-state index contributed by atoms with van der Waals surface area (Å²) < 4.78 is 6.84. The first-order valence-corrected chi connectivity index (χ1v) is 6.59. The van der Waals surface area contributed by atoms with Gasteiger partial charge < -0.3 is 4.42 Å². The van der Waals surface area contributed by atoms with Crippen molar-refractivity contribution in [2.75, 3.05) is 0 Å². The SMILES string of the molecule is O=C(c1coc(Br)c1)c1cc(Br)c(Cl)s1. The summed E-state index contributed by atoms with van der Waals surface area (Å²) >= 11 is 13.5. The predicted molar refractivity (Wildman–Crippen MR) is 66.9 cm³/mol. The Morgan fingerprint density at radius 3 is 2.60 bits per heavy atom. The zero-order valence-corrected chi connectivity index (χ0v) is 11.8. The Hall–Kier alpha value is -0.100. The lowest BCUT2D eigenvalue weighted by atomic mass is 10.2. The van der Waals surface area contributed by atoms with Crippen molar-refractivity contribution >= 4 is 60.6 Å². The molecule has 2 heterocycles. The molecule has 2 nitrogen and oxygen atoms in total. The minimum absolute atomic E-state index is 0.0953. The van der Waals surface area contributed by atoms with Crippen LogP contribution in [0.3, 0.4) is 0 Å². The molecule has 6 heteroatoms. The first kappa shape index (κ1) is 11.4. The smallest absolute Gasteiger partial charge is 0.206 e. The van der Waals surface area contributed by atoms with Crippen LogP contribution >= 0.6 is 54.8 Å². The molecule has 2 rings (SSSR count). The van der Waals surface area contributed by atoms with Gasteiger partial charge in [-0.3, -0.25) is 4.79 Å². The van der Waals surface area contributed by atoms with Gasteiger partial charge in [0, 0.05) is 10.5 Å². The van der Waals surface area contributed by atoms with E-state index in [1.54, 1.807) is 12.1 Å². The van der Waals surface area contributed by atoms with Gasteiger partial charge in [0.25, 0.3) is 0 Å². The first-order chi connectivity index (χ1) is 7.08. The van der Waals surface area contributed by atoms with E-state index in [1.165, 1.54) is 17.6 Å². The monoisotopic (exact) mass is 368 g/mol. The highest BCUT2D eigenvalue weighted by molar-refractivity contribution is 9.10. The summed E-state index contributed by atoms with van der Waals surface area (Å²) in [6.07, 6.45) is 1.41. The average molecular weight is 370 g/mol. The number of carbonyl (C=O) groups excluding carboxylic acids is 1. The number of furan rings is 1. The van der Waals surface area contributed by atoms with Gasteiger partial charge in [-0.2, -0.15) is 0 Å². The quantitative estimate of drug-likeness (QED) is 0.714. The number of hydrogen-bond acceptors (Lipinski definition) is 3. The molecule has 0 saturated carbocycles. The number of rotatable bonds is 2.